The summed E-state index contributed by atoms with van der Waals surface area (Å²) in [6, 6.07) is 0. The predicted octanol–water partition coefficient (Wildman–Crippen LogP) is 0.110. The first-order valence-electron chi connectivity index (χ1n) is 6.59. The summed E-state index contributed by atoms with van der Waals surface area (Å²) in [4.78, 5) is 38.2. The monoisotopic (exact) mass is 329 g/mol. The molecule has 0 aromatic carbocycles. The molecule has 10 heteroatoms. The Morgan fingerprint density at radius 2 is 1.45 bits per heavy atom. The molecule has 2 rings (SSSR count). The van der Waals surface area contributed by atoms with E-state index in [1.165, 1.54) is 0 Å². The number of rotatable bonds is 5. The number of piperidine rings is 1. The minimum atomic E-state index is -5.33. The molecular weight excluding hydrogens is 308 g/mol. The Bertz CT molecular complexity index is 425. The van der Waals surface area contributed by atoms with Gasteiger partial charge in [-0.05, 0) is 31.1 Å². The van der Waals surface area contributed by atoms with Gasteiger partial charge in [-0.25, -0.2) is 0 Å². The van der Waals surface area contributed by atoms with Crippen molar-refractivity contribution in [3.05, 3.63) is 0 Å². The molecule has 2 aliphatic rings. The molecule has 0 aromatic rings. The summed E-state index contributed by atoms with van der Waals surface area (Å²) in [6.07, 6.45) is 2.77. The molecule has 5 N–H and O–H groups in total. The normalized spacial score (nSPS) is 28.9. The maximum atomic E-state index is 11.2. The topological polar surface area (TPSA) is 139 Å². The van der Waals surface area contributed by atoms with Crippen molar-refractivity contribution < 1.29 is 33.8 Å². The summed E-state index contributed by atoms with van der Waals surface area (Å²) in [6.45, 7) is 1.59. The first-order valence-corrected chi connectivity index (χ1v) is 9.81. The van der Waals surface area contributed by atoms with Gasteiger partial charge in [0.15, 0.2) is 0 Å². The Hall–Kier alpha value is 0.220. The van der Waals surface area contributed by atoms with Crippen LogP contribution in [0.4, 0.5) is 0 Å². The fourth-order valence-electron chi connectivity index (χ4n) is 3.27. The summed E-state index contributed by atoms with van der Waals surface area (Å²) in [5, 5.41) is 6.53. The fourth-order valence-corrected chi connectivity index (χ4v) is 5.41. The van der Waals surface area contributed by atoms with Crippen LogP contribution in [0.25, 0.3) is 0 Å². The molecule has 1 saturated carbocycles. The Kier molecular flexibility index (Phi) is 4.52. The first-order chi connectivity index (χ1) is 9.03. The van der Waals surface area contributed by atoms with E-state index in [1.54, 1.807) is 0 Å². The summed E-state index contributed by atoms with van der Waals surface area (Å²) >= 11 is 0. The molecule has 0 amide bonds. The Morgan fingerprint density at radius 3 is 1.85 bits per heavy atom. The van der Waals surface area contributed by atoms with E-state index in [4.69, 9.17) is 19.6 Å². The van der Waals surface area contributed by atoms with Crippen LogP contribution in [0.5, 0.6) is 0 Å². The van der Waals surface area contributed by atoms with Crippen molar-refractivity contribution in [1.29, 1.82) is 0 Å². The lowest BCUT2D eigenvalue weighted by atomic mass is 9.99. The lowest BCUT2D eigenvalue weighted by molar-refractivity contribution is 0.0943. The van der Waals surface area contributed by atoms with E-state index in [9.17, 15) is 14.2 Å². The zero-order valence-corrected chi connectivity index (χ0v) is 12.8. The molecule has 2 atom stereocenters. The van der Waals surface area contributed by atoms with Gasteiger partial charge in [0.25, 0.3) is 5.08 Å². The minimum absolute atomic E-state index is 0.0692. The van der Waals surface area contributed by atoms with E-state index in [-0.39, 0.29) is 6.54 Å². The molecule has 1 heterocycles. The molecule has 0 radical (unpaired) electrons. The van der Waals surface area contributed by atoms with Crippen LogP contribution in [0.15, 0.2) is 0 Å². The summed E-state index contributed by atoms with van der Waals surface area (Å²) in [7, 11) is -10.7. The van der Waals surface area contributed by atoms with Crippen molar-refractivity contribution in [3.8, 4) is 0 Å². The number of aliphatic hydroxyl groups is 1. The van der Waals surface area contributed by atoms with Gasteiger partial charge in [-0.15, -0.1) is 0 Å². The summed E-state index contributed by atoms with van der Waals surface area (Å²) < 4.78 is 22.5. The highest BCUT2D eigenvalue weighted by molar-refractivity contribution is 7.72. The van der Waals surface area contributed by atoms with Gasteiger partial charge in [0.1, 0.15) is 0 Å². The second-order valence-corrected chi connectivity index (χ2v) is 9.93. The van der Waals surface area contributed by atoms with E-state index in [1.807, 2.05) is 4.90 Å². The molecule has 2 fully saturated rings. The van der Waals surface area contributed by atoms with Crippen molar-refractivity contribution in [1.82, 2.24) is 4.90 Å². The third-order valence-electron chi connectivity index (χ3n) is 4.38. The van der Waals surface area contributed by atoms with E-state index in [0.717, 1.165) is 32.4 Å². The van der Waals surface area contributed by atoms with Crippen molar-refractivity contribution in [2.24, 2.45) is 11.8 Å². The zero-order chi connectivity index (χ0) is 15.2. The van der Waals surface area contributed by atoms with Crippen molar-refractivity contribution in [3.63, 3.8) is 0 Å². The largest absolute Gasteiger partial charge is 0.369 e. The number of fused-ring (bicyclic) bond motifs is 2. The van der Waals surface area contributed by atoms with Crippen LogP contribution in [-0.2, 0) is 9.13 Å². The highest BCUT2D eigenvalue weighted by atomic mass is 31.2. The van der Waals surface area contributed by atoms with Gasteiger partial charge in [-0.2, -0.15) is 0 Å². The molecule has 8 nitrogen and oxygen atoms in total. The second-order valence-electron chi connectivity index (χ2n) is 5.92. The van der Waals surface area contributed by atoms with Crippen LogP contribution in [0.2, 0.25) is 0 Å². The van der Waals surface area contributed by atoms with Crippen LogP contribution in [0.3, 0.4) is 0 Å². The van der Waals surface area contributed by atoms with Gasteiger partial charge in [0, 0.05) is 26.1 Å². The predicted molar refractivity (Wildman–Crippen MR) is 70.9 cm³/mol. The number of hydrogen-bond donors (Lipinski definition) is 5. The molecular formula is C10H21NO7P2. The van der Waals surface area contributed by atoms with E-state index in [2.05, 4.69) is 0 Å². The van der Waals surface area contributed by atoms with Crippen LogP contribution in [0.1, 0.15) is 25.7 Å². The summed E-state index contributed by atoms with van der Waals surface area (Å²) in [5.41, 5.74) is 0. The Labute approximate surface area is 117 Å². The van der Waals surface area contributed by atoms with E-state index < -0.39 is 26.7 Å². The standard InChI is InChI=1S/C10H21NO7P2/c12-10(19(13,14)15,20(16,17)18)3-4-11-6-8-1-2-9(5-8)7-11/h8-9,12H,1-7H2,(H2,13,14,15)(H2,16,17,18). The third-order valence-corrected chi connectivity index (χ3v) is 8.26. The average Bonchev–Trinajstić information content (AvgIpc) is 2.62. The van der Waals surface area contributed by atoms with Crippen LogP contribution in [-0.4, -0.2) is 54.3 Å². The quantitative estimate of drug-likeness (QED) is 0.448. The van der Waals surface area contributed by atoms with Gasteiger partial charge < -0.3 is 29.6 Å². The highest BCUT2D eigenvalue weighted by Gasteiger charge is 2.59. The van der Waals surface area contributed by atoms with Gasteiger partial charge >= 0.3 is 15.2 Å². The average molecular weight is 329 g/mol. The number of nitrogens with zero attached hydrogens (tertiary/aromatic N) is 1. The molecule has 0 spiro atoms. The van der Waals surface area contributed by atoms with Crippen LogP contribution >= 0.6 is 15.2 Å². The van der Waals surface area contributed by atoms with Gasteiger partial charge in [-0.3, -0.25) is 9.13 Å². The van der Waals surface area contributed by atoms with E-state index >= 15 is 0 Å². The third kappa shape index (κ3) is 3.18. The lowest BCUT2D eigenvalue weighted by Crippen LogP contribution is -2.40. The van der Waals surface area contributed by atoms with Crippen LogP contribution in [0, 0.1) is 11.8 Å². The number of likely N-dealkylation sites (tertiary alicyclic amines) is 1. The van der Waals surface area contributed by atoms with Crippen molar-refractivity contribution >= 4 is 15.2 Å². The number of hydrogen-bond acceptors (Lipinski definition) is 4. The Balaban J connectivity index is 2.03. The van der Waals surface area contributed by atoms with Crippen molar-refractivity contribution in [2.75, 3.05) is 19.6 Å². The first kappa shape index (κ1) is 16.6. The molecule has 1 saturated heterocycles. The molecule has 20 heavy (non-hydrogen) atoms. The highest BCUT2D eigenvalue weighted by Crippen LogP contribution is 2.68. The molecule has 2 bridgehead atoms. The maximum Gasteiger partial charge on any atom is 0.369 e. The summed E-state index contributed by atoms with van der Waals surface area (Å²) in [5.74, 6) is 1.10. The molecule has 1 aliphatic carbocycles. The lowest BCUT2D eigenvalue weighted by Gasteiger charge is -2.35. The Morgan fingerprint density at radius 1 is 1.00 bits per heavy atom. The van der Waals surface area contributed by atoms with Gasteiger partial charge in [-0.1, -0.05) is 0 Å². The molecule has 2 unspecified atom stereocenters. The van der Waals surface area contributed by atoms with Crippen LogP contribution < -0.4 is 0 Å². The van der Waals surface area contributed by atoms with Crippen molar-refractivity contribution in [2.45, 2.75) is 30.8 Å². The maximum absolute atomic E-state index is 11.2. The minimum Gasteiger partial charge on any atom is -0.367 e. The SMILES string of the molecule is O=P(O)(O)C(O)(CCN1CC2CCC(C2)C1)P(=O)(O)O. The fraction of sp³-hybridized carbons (Fsp3) is 1.00. The molecule has 0 aromatic heterocycles. The van der Waals surface area contributed by atoms with Gasteiger partial charge in [0.05, 0.1) is 0 Å². The molecule has 1 aliphatic heterocycles. The second kappa shape index (κ2) is 5.45. The molecule has 118 valence electrons. The van der Waals surface area contributed by atoms with Gasteiger partial charge in [0.2, 0.25) is 0 Å². The smallest absolute Gasteiger partial charge is 0.367 e. The van der Waals surface area contributed by atoms with E-state index in [0.29, 0.717) is 11.8 Å². The zero-order valence-electron chi connectivity index (χ0n) is 11.0.